The number of rotatable bonds is 10. The van der Waals surface area contributed by atoms with Crippen LogP contribution in [0.2, 0.25) is 0 Å². The fraction of sp³-hybridized carbons (Fsp3) is 0.440. The van der Waals surface area contributed by atoms with E-state index in [9.17, 15) is 9.18 Å². The van der Waals surface area contributed by atoms with Crippen LogP contribution in [-0.2, 0) is 24.3 Å². The lowest BCUT2D eigenvalue weighted by molar-refractivity contribution is -0.120. The molecule has 3 rings (SSSR count). The van der Waals surface area contributed by atoms with E-state index in [4.69, 9.17) is 0 Å². The van der Waals surface area contributed by atoms with Crippen LogP contribution in [0.1, 0.15) is 36.5 Å². The molecule has 1 saturated heterocycles. The third-order valence-electron chi connectivity index (χ3n) is 5.41. The van der Waals surface area contributed by atoms with Crippen molar-refractivity contribution < 1.29 is 9.18 Å². The maximum atomic E-state index is 12.9. The van der Waals surface area contributed by atoms with Crippen molar-refractivity contribution in [2.45, 2.75) is 39.3 Å². The van der Waals surface area contributed by atoms with Gasteiger partial charge in [0.15, 0.2) is 5.96 Å². The summed E-state index contributed by atoms with van der Waals surface area (Å²) in [5, 5.41) is 9.35. The second-order valence-corrected chi connectivity index (χ2v) is 8.07. The summed E-state index contributed by atoms with van der Waals surface area (Å²) < 4.78 is 12.9. The number of aliphatic imine (C=N–C) groups is 1. The highest BCUT2D eigenvalue weighted by Crippen LogP contribution is 2.13. The van der Waals surface area contributed by atoms with Gasteiger partial charge in [-0.25, -0.2) is 9.38 Å². The van der Waals surface area contributed by atoms with Crippen LogP contribution in [0, 0.1) is 5.82 Å². The molecule has 1 aliphatic rings. The van der Waals surface area contributed by atoms with Gasteiger partial charge in [0.05, 0.1) is 13.0 Å². The van der Waals surface area contributed by atoms with Crippen molar-refractivity contribution >= 4 is 35.8 Å². The van der Waals surface area contributed by atoms with Gasteiger partial charge < -0.3 is 16.0 Å². The predicted octanol–water partition coefficient (Wildman–Crippen LogP) is 3.45. The Bertz CT molecular complexity index is 867. The average molecular weight is 567 g/mol. The number of halogens is 2. The standard InChI is InChI=1S/C25H34FN5O.HI/c1-2-27-25(29-14-13-28-24(32)17-20-9-11-23(26)12-10-20)30-18-21-5-7-22(8-6-21)19-31-15-3-4-16-31;/h5-12H,2-4,13-19H2,1H3,(H,28,32)(H2,27,29,30);1H. The summed E-state index contributed by atoms with van der Waals surface area (Å²) in [5.41, 5.74) is 3.30. The van der Waals surface area contributed by atoms with Gasteiger partial charge in [-0.3, -0.25) is 9.69 Å². The molecule has 0 unspecified atom stereocenters. The Morgan fingerprint density at radius 1 is 0.909 bits per heavy atom. The molecule has 0 atom stereocenters. The number of nitrogens with one attached hydrogen (secondary N) is 3. The van der Waals surface area contributed by atoms with Crippen LogP contribution in [0.5, 0.6) is 0 Å². The van der Waals surface area contributed by atoms with Gasteiger partial charge in [-0.05, 0) is 61.7 Å². The van der Waals surface area contributed by atoms with Crippen LogP contribution in [0.3, 0.4) is 0 Å². The second kappa shape index (κ2) is 14.8. The van der Waals surface area contributed by atoms with E-state index in [1.165, 1.54) is 49.2 Å². The van der Waals surface area contributed by atoms with E-state index in [1.54, 1.807) is 12.1 Å². The highest BCUT2D eigenvalue weighted by atomic mass is 127. The van der Waals surface area contributed by atoms with Gasteiger partial charge in [-0.1, -0.05) is 36.4 Å². The molecule has 6 nitrogen and oxygen atoms in total. The number of amides is 1. The van der Waals surface area contributed by atoms with Crippen LogP contribution in [0.25, 0.3) is 0 Å². The Hall–Kier alpha value is -2.20. The molecule has 180 valence electrons. The average Bonchev–Trinajstić information content (AvgIpc) is 3.30. The van der Waals surface area contributed by atoms with Crippen molar-refractivity contribution in [1.82, 2.24) is 20.9 Å². The van der Waals surface area contributed by atoms with E-state index >= 15 is 0 Å². The molecule has 0 spiro atoms. The summed E-state index contributed by atoms with van der Waals surface area (Å²) in [6.45, 7) is 7.86. The molecule has 0 aromatic heterocycles. The molecule has 3 N–H and O–H groups in total. The highest BCUT2D eigenvalue weighted by molar-refractivity contribution is 14.0. The molecule has 0 aliphatic carbocycles. The van der Waals surface area contributed by atoms with E-state index < -0.39 is 0 Å². The Balaban J connectivity index is 0.00000385. The first kappa shape index (κ1) is 27.0. The number of nitrogens with zero attached hydrogens (tertiary/aromatic N) is 2. The maximum absolute atomic E-state index is 12.9. The molecule has 1 aliphatic heterocycles. The summed E-state index contributed by atoms with van der Waals surface area (Å²) in [7, 11) is 0. The summed E-state index contributed by atoms with van der Waals surface area (Å²) in [6, 6.07) is 14.7. The SMILES string of the molecule is CCNC(=NCc1ccc(CN2CCCC2)cc1)NCCNC(=O)Cc1ccc(F)cc1.I. The van der Waals surface area contributed by atoms with Gasteiger partial charge in [0, 0.05) is 26.2 Å². The van der Waals surface area contributed by atoms with Crippen molar-refractivity contribution in [2.24, 2.45) is 4.99 Å². The minimum Gasteiger partial charge on any atom is -0.357 e. The summed E-state index contributed by atoms with van der Waals surface area (Å²) in [5.74, 6) is 0.336. The first-order valence-corrected chi connectivity index (χ1v) is 11.5. The van der Waals surface area contributed by atoms with Crippen molar-refractivity contribution in [3.63, 3.8) is 0 Å². The van der Waals surface area contributed by atoms with Gasteiger partial charge in [0.2, 0.25) is 5.91 Å². The monoisotopic (exact) mass is 567 g/mol. The predicted molar refractivity (Wildman–Crippen MR) is 142 cm³/mol. The van der Waals surface area contributed by atoms with Gasteiger partial charge in [0.1, 0.15) is 5.82 Å². The van der Waals surface area contributed by atoms with Crippen LogP contribution < -0.4 is 16.0 Å². The zero-order chi connectivity index (χ0) is 22.6. The van der Waals surface area contributed by atoms with Crippen LogP contribution in [0.4, 0.5) is 4.39 Å². The van der Waals surface area contributed by atoms with E-state index in [1.807, 2.05) is 6.92 Å². The van der Waals surface area contributed by atoms with Gasteiger partial charge in [0.25, 0.3) is 0 Å². The van der Waals surface area contributed by atoms with Crippen LogP contribution in [0.15, 0.2) is 53.5 Å². The fourth-order valence-electron chi connectivity index (χ4n) is 3.69. The van der Waals surface area contributed by atoms with E-state index in [-0.39, 0.29) is 42.1 Å². The minimum atomic E-state index is -0.299. The molecule has 0 bridgehead atoms. The molecular formula is C25H35FIN5O. The van der Waals surface area contributed by atoms with Gasteiger partial charge in [-0.2, -0.15) is 0 Å². The molecule has 1 amide bonds. The maximum Gasteiger partial charge on any atom is 0.224 e. The van der Waals surface area contributed by atoms with E-state index in [0.29, 0.717) is 19.6 Å². The lowest BCUT2D eigenvalue weighted by atomic mass is 10.1. The number of guanidine groups is 1. The molecule has 0 saturated carbocycles. The number of hydrogen-bond donors (Lipinski definition) is 3. The fourth-order valence-corrected chi connectivity index (χ4v) is 3.69. The molecule has 8 heteroatoms. The Labute approximate surface area is 213 Å². The van der Waals surface area contributed by atoms with Crippen LogP contribution >= 0.6 is 24.0 Å². The Kier molecular flexibility index (Phi) is 12.2. The highest BCUT2D eigenvalue weighted by Gasteiger charge is 2.11. The quantitative estimate of drug-likeness (QED) is 0.178. The molecule has 0 radical (unpaired) electrons. The number of benzene rings is 2. The lowest BCUT2D eigenvalue weighted by Crippen LogP contribution is -2.41. The molecule has 1 heterocycles. The van der Waals surface area contributed by atoms with Crippen molar-refractivity contribution in [1.29, 1.82) is 0 Å². The number of carbonyl (C=O) groups is 1. The zero-order valence-corrected chi connectivity index (χ0v) is 21.6. The zero-order valence-electron chi connectivity index (χ0n) is 19.3. The second-order valence-electron chi connectivity index (χ2n) is 8.07. The van der Waals surface area contributed by atoms with Crippen molar-refractivity contribution in [3.8, 4) is 0 Å². The summed E-state index contributed by atoms with van der Waals surface area (Å²) in [4.78, 5) is 19.2. The van der Waals surface area contributed by atoms with Gasteiger partial charge >= 0.3 is 0 Å². The van der Waals surface area contributed by atoms with E-state index in [2.05, 4.69) is 50.1 Å². The lowest BCUT2D eigenvalue weighted by Gasteiger charge is -2.14. The summed E-state index contributed by atoms with van der Waals surface area (Å²) in [6.07, 6.45) is 2.86. The molecular weight excluding hydrogens is 532 g/mol. The van der Waals surface area contributed by atoms with Crippen molar-refractivity contribution in [3.05, 3.63) is 71.0 Å². The number of hydrogen-bond acceptors (Lipinski definition) is 3. The topological polar surface area (TPSA) is 68.8 Å². The third kappa shape index (κ3) is 10.1. The Morgan fingerprint density at radius 2 is 1.52 bits per heavy atom. The first-order valence-electron chi connectivity index (χ1n) is 11.5. The van der Waals surface area contributed by atoms with Crippen LogP contribution in [-0.4, -0.2) is 49.5 Å². The largest absolute Gasteiger partial charge is 0.357 e. The third-order valence-corrected chi connectivity index (χ3v) is 5.41. The van der Waals surface area contributed by atoms with Gasteiger partial charge in [-0.15, -0.1) is 24.0 Å². The minimum absolute atomic E-state index is 0. The molecule has 2 aromatic carbocycles. The van der Waals surface area contributed by atoms with Crippen molar-refractivity contribution in [2.75, 3.05) is 32.7 Å². The number of likely N-dealkylation sites (tertiary alicyclic amines) is 1. The smallest absolute Gasteiger partial charge is 0.224 e. The molecule has 1 fully saturated rings. The first-order chi connectivity index (χ1) is 15.6. The molecule has 2 aromatic rings. The normalized spacial score (nSPS) is 13.9. The number of carbonyl (C=O) groups excluding carboxylic acids is 1. The van der Waals surface area contributed by atoms with E-state index in [0.717, 1.165) is 24.6 Å². The Morgan fingerprint density at radius 3 is 2.18 bits per heavy atom. The summed E-state index contributed by atoms with van der Waals surface area (Å²) >= 11 is 0. The molecule has 33 heavy (non-hydrogen) atoms.